The van der Waals surface area contributed by atoms with Crippen molar-refractivity contribution in [1.82, 2.24) is 19.4 Å². The van der Waals surface area contributed by atoms with Crippen LogP contribution in [0.2, 0.25) is 0 Å². The van der Waals surface area contributed by atoms with E-state index in [1.807, 2.05) is 49.4 Å². The summed E-state index contributed by atoms with van der Waals surface area (Å²) in [6, 6.07) is 22.4. The third-order valence-corrected chi connectivity index (χ3v) is 6.09. The molecule has 6 heteroatoms. The van der Waals surface area contributed by atoms with Crippen LogP contribution in [0.4, 0.5) is 5.95 Å². The zero-order chi connectivity index (χ0) is 24.1. The Kier molecular flexibility index (Phi) is 7.18. The molecule has 1 N–H and O–H groups in total. The molecule has 2 heterocycles. The second-order valence-corrected chi connectivity index (χ2v) is 8.82. The van der Waals surface area contributed by atoms with Crippen molar-refractivity contribution in [2.45, 2.75) is 19.4 Å². The van der Waals surface area contributed by atoms with Crippen LogP contribution < -0.4 is 10.9 Å². The average molecular weight is 454 g/mol. The maximum absolute atomic E-state index is 13.6. The van der Waals surface area contributed by atoms with Gasteiger partial charge < -0.3 is 10.2 Å². The van der Waals surface area contributed by atoms with Gasteiger partial charge in [0.2, 0.25) is 5.95 Å². The molecule has 6 nitrogen and oxygen atoms in total. The fourth-order valence-corrected chi connectivity index (χ4v) is 4.07. The first kappa shape index (κ1) is 23.4. The fourth-order valence-electron chi connectivity index (χ4n) is 4.07. The molecule has 0 radical (unpaired) electrons. The van der Waals surface area contributed by atoms with Crippen molar-refractivity contribution in [3.05, 3.63) is 101 Å². The Hall–Kier alpha value is -3.77. The summed E-state index contributed by atoms with van der Waals surface area (Å²) >= 11 is 0. The van der Waals surface area contributed by atoms with E-state index < -0.39 is 0 Å². The third-order valence-electron chi connectivity index (χ3n) is 6.09. The monoisotopic (exact) mass is 453 g/mol. The summed E-state index contributed by atoms with van der Waals surface area (Å²) < 4.78 is 1.61. The molecule has 0 aliphatic heterocycles. The zero-order valence-corrected chi connectivity index (χ0v) is 20.2. The van der Waals surface area contributed by atoms with E-state index in [0.717, 1.165) is 23.1 Å². The van der Waals surface area contributed by atoms with Gasteiger partial charge in [-0.15, -0.1) is 0 Å². The summed E-state index contributed by atoms with van der Waals surface area (Å²) in [7, 11) is 5.92. The topological polar surface area (TPSA) is 63.1 Å². The van der Waals surface area contributed by atoms with Gasteiger partial charge in [0, 0.05) is 37.6 Å². The van der Waals surface area contributed by atoms with Crippen LogP contribution in [0.15, 0.2) is 83.9 Å². The van der Waals surface area contributed by atoms with Crippen LogP contribution in [0.25, 0.3) is 22.4 Å². The summed E-state index contributed by atoms with van der Waals surface area (Å²) in [5.74, 6) is 0.549. The van der Waals surface area contributed by atoms with Crippen LogP contribution in [0.5, 0.6) is 0 Å². The zero-order valence-electron chi connectivity index (χ0n) is 20.2. The first-order valence-electron chi connectivity index (χ1n) is 11.5. The summed E-state index contributed by atoms with van der Waals surface area (Å²) in [6.07, 6.45) is 4.35. The van der Waals surface area contributed by atoms with Gasteiger partial charge in [-0.25, -0.2) is 4.98 Å². The first-order valence-corrected chi connectivity index (χ1v) is 11.5. The molecular weight excluding hydrogens is 422 g/mol. The van der Waals surface area contributed by atoms with Crippen LogP contribution in [0.3, 0.4) is 0 Å². The molecule has 0 unspecified atom stereocenters. The van der Waals surface area contributed by atoms with Crippen LogP contribution >= 0.6 is 0 Å². The van der Waals surface area contributed by atoms with Gasteiger partial charge in [0.05, 0.1) is 11.3 Å². The number of hydrogen-bond acceptors (Lipinski definition) is 5. The van der Waals surface area contributed by atoms with Crippen LogP contribution in [0, 0.1) is 6.92 Å². The van der Waals surface area contributed by atoms with Gasteiger partial charge in [-0.2, -0.15) is 0 Å². The van der Waals surface area contributed by atoms with E-state index in [1.165, 1.54) is 5.56 Å². The average Bonchev–Trinajstić information content (AvgIpc) is 2.85. The maximum Gasteiger partial charge on any atom is 0.263 e. The minimum atomic E-state index is -0.0839. The summed E-state index contributed by atoms with van der Waals surface area (Å²) in [6.45, 7) is 2.68. The third kappa shape index (κ3) is 5.24. The number of rotatable bonds is 8. The molecule has 0 bridgehead atoms. The molecule has 0 saturated heterocycles. The number of nitrogens with zero attached hydrogens (tertiary/aromatic N) is 4. The van der Waals surface area contributed by atoms with E-state index in [9.17, 15) is 4.79 Å². The minimum Gasteiger partial charge on any atom is -0.354 e. The lowest BCUT2D eigenvalue weighted by atomic mass is 9.99. The summed E-state index contributed by atoms with van der Waals surface area (Å²) in [5.41, 5.74) is 5.26. The van der Waals surface area contributed by atoms with Crippen LogP contribution in [-0.4, -0.2) is 46.1 Å². The van der Waals surface area contributed by atoms with Crippen molar-refractivity contribution in [2.24, 2.45) is 7.05 Å². The lowest BCUT2D eigenvalue weighted by Crippen LogP contribution is -2.37. The lowest BCUT2D eigenvalue weighted by Gasteiger charge is -2.26. The predicted molar refractivity (Wildman–Crippen MR) is 139 cm³/mol. The molecule has 1 atom stereocenters. The Morgan fingerprint density at radius 1 is 0.971 bits per heavy atom. The van der Waals surface area contributed by atoms with Crippen molar-refractivity contribution in [2.75, 3.05) is 26.0 Å². The molecule has 0 aliphatic rings. The van der Waals surface area contributed by atoms with E-state index in [4.69, 9.17) is 4.98 Å². The SMILES string of the molecule is Cc1cccc(-c2c(-c3ccncc3)nc(NC[C@H](Cc3ccccc3)N(C)C)n(C)c2=O)c1. The number of aryl methyl sites for hydroxylation is 1. The van der Waals surface area contributed by atoms with Gasteiger partial charge in [-0.05, 0) is 50.7 Å². The molecule has 174 valence electrons. The van der Waals surface area contributed by atoms with Gasteiger partial charge in [0.1, 0.15) is 0 Å². The van der Waals surface area contributed by atoms with Crippen LogP contribution in [-0.2, 0) is 13.5 Å². The van der Waals surface area contributed by atoms with Gasteiger partial charge >= 0.3 is 0 Å². The summed E-state index contributed by atoms with van der Waals surface area (Å²) in [4.78, 5) is 24.9. The number of aromatic nitrogens is 3. The highest BCUT2D eigenvalue weighted by Crippen LogP contribution is 2.29. The molecule has 0 aliphatic carbocycles. The van der Waals surface area contributed by atoms with Crippen molar-refractivity contribution >= 4 is 5.95 Å². The van der Waals surface area contributed by atoms with Crippen molar-refractivity contribution < 1.29 is 0 Å². The van der Waals surface area contributed by atoms with E-state index in [0.29, 0.717) is 23.8 Å². The Morgan fingerprint density at radius 2 is 1.71 bits per heavy atom. The number of likely N-dealkylation sites (N-methyl/N-ethyl adjacent to an activating group) is 1. The molecule has 4 aromatic rings. The molecule has 34 heavy (non-hydrogen) atoms. The van der Waals surface area contributed by atoms with E-state index in [2.05, 4.69) is 53.6 Å². The molecule has 0 fully saturated rings. The molecule has 4 rings (SSSR count). The molecule has 0 saturated carbocycles. The smallest absolute Gasteiger partial charge is 0.263 e. The second-order valence-electron chi connectivity index (χ2n) is 8.82. The second kappa shape index (κ2) is 10.4. The molecule has 0 spiro atoms. The minimum absolute atomic E-state index is 0.0839. The quantitative estimate of drug-likeness (QED) is 0.428. The standard InChI is InChI=1S/C28H31N5O/c1-20-9-8-12-23(17-20)25-26(22-13-15-29-16-14-22)31-28(33(4)27(25)34)30-19-24(32(2)3)18-21-10-6-5-7-11-21/h5-17,24H,18-19H2,1-4H3,(H,30,31)/t24-/m0/s1. The summed E-state index contributed by atoms with van der Waals surface area (Å²) in [5, 5.41) is 3.45. The van der Waals surface area contributed by atoms with Gasteiger partial charge in [-0.3, -0.25) is 14.3 Å². The van der Waals surface area contributed by atoms with Gasteiger partial charge in [0.25, 0.3) is 5.56 Å². The van der Waals surface area contributed by atoms with Crippen molar-refractivity contribution in [3.63, 3.8) is 0 Å². The highest BCUT2D eigenvalue weighted by molar-refractivity contribution is 5.81. The molecule has 0 amide bonds. The van der Waals surface area contributed by atoms with Crippen LogP contribution in [0.1, 0.15) is 11.1 Å². The van der Waals surface area contributed by atoms with Crippen molar-refractivity contribution in [1.29, 1.82) is 0 Å². The number of benzene rings is 2. The Balaban J connectivity index is 1.72. The lowest BCUT2D eigenvalue weighted by molar-refractivity contribution is 0.303. The van der Waals surface area contributed by atoms with E-state index in [-0.39, 0.29) is 11.6 Å². The number of nitrogens with one attached hydrogen (secondary N) is 1. The Labute approximate surface area is 200 Å². The Bertz CT molecular complexity index is 1300. The normalized spacial score (nSPS) is 12.0. The highest BCUT2D eigenvalue weighted by Gasteiger charge is 2.19. The van der Waals surface area contributed by atoms with Gasteiger partial charge in [0.15, 0.2) is 0 Å². The molecule has 2 aromatic carbocycles. The van der Waals surface area contributed by atoms with Crippen molar-refractivity contribution in [3.8, 4) is 22.4 Å². The predicted octanol–water partition coefficient (Wildman–Crippen LogP) is 4.40. The Morgan fingerprint density at radius 3 is 2.38 bits per heavy atom. The molecular formula is C28H31N5O. The largest absolute Gasteiger partial charge is 0.354 e. The van der Waals surface area contributed by atoms with Gasteiger partial charge in [-0.1, -0.05) is 60.2 Å². The maximum atomic E-state index is 13.6. The fraction of sp³-hybridized carbons (Fsp3) is 0.250. The number of hydrogen-bond donors (Lipinski definition) is 1. The number of anilines is 1. The number of pyridine rings is 1. The molecule has 2 aromatic heterocycles. The first-order chi connectivity index (χ1) is 16.4. The van der Waals surface area contributed by atoms with E-state index >= 15 is 0 Å². The van der Waals surface area contributed by atoms with E-state index in [1.54, 1.807) is 24.0 Å². The highest BCUT2D eigenvalue weighted by atomic mass is 16.1.